The number of benzene rings is 1. The van der Waals surface area contributed by atoms with Gasteiger partial charge in [-0.2, -0.15) is 0 Å². The molecule has 1 saturated heterocycles. The van der Waals surface area contributed by atoms with Gasteiger partial charge in [-0.25, -0.2) is 4.98 Å². The summed E-state index contributed by atoms with van der Waals surface area (Å²) in [5.41, 5.74) is 2.18. The molecule has 0 spiro atoms. The molecule has 4 nitrogen and oxygen atoms in total. The molecule has 1 aliphatic heterocycles. The van der Waals surface area contributed by atoms with Gasteiger partial charge in [0.15, 0.2) is 0 Å². The van der Waals surface area contributed by atoms with Gasteiger partial charge >= 0.3 is 0 Å². The van der Waals surface area contributed by atoms with Crippen LogP contribution in [0.4, 0.5) is 0 Å². The Balaban J connectivity index is 1.52. The van der Waals surface area contributed by atoms with Crippen LogP contribution >= 0.6 is 0 Å². The number of H-pyrrole nitrogens is 1. The Kier molecular flexibility index (Phi) is 4.03. The van der Waals surface area contributed by atoms with Crippen LogP contribution in [-0.2, 0) is 6.54 Å². The first-order valence-electron chi connectivity index (χ1n) is 7.63. The average molecular weight is 272 g/mol. The second-order valence-corrected chi connectivity index (χ2v) is 5.99. The SMILES string of the molecule is CC(C)N1CCC(NCc2nc3ccccc3[nH]2)CC1. The molecule has 20 heavy (non-hydrogen) atoms. The van der Waals surface area contributed by atoms with Gasteiger partial charge in [-0.15, -0.1) is 0 Å². The van der Waals surface area contributed by atoms with E-state index in [1.54, 1.807) is 0 Å². The van der Waals surface area contributed by atoms with Crippen molar-refractivity contribution in [3.63, 3.8) is 0 Å². The zero-order chi connectivity index (χ0) is 13.9. The maximum absolute atomic E-state index is 4.61. The van der Waals surface area contributed by atoms with E-state index >= 15 is 0 Å². The lowest BCUT2D eigenvalue weighted by atomic mass is 10.0. The second kappa shape index (κ2) is 5.94. The highest BCUT2D eigenvalue weighted by molar-refractivity contribution is 5.74. The van der Waals surface area contributed by atoms with Gasteiger partial charge in [0.2, 0.25) is 0 Å². The van der Waals surface area contributed by atoms with Gasteiger partial charge in [0.25, 0.3) is 0 Å². The lowest BCUT2D eigenvalue weighted by Crippen LogP contribution is -2.44. The first kappa shape index (κ1) is 13.6. The van der Waals surface area contributed by atoms with Crippen molar-refractivity contribution in [3.8, 4) is 0 Å². The maximum atomic E-state index is 4.61. The summed E-state index contributed by atoms with van der Waals surface area (Å²) in [4.78, 5) is 10.5. The molecule has 1 aromatic carbocycles. The number of fused-ring (bicyclic) bond motifs is 1. The van der Waals surface area contributed by atoms with E-state index < -0.39 is 0 Å². The highest BCUT2D eigenvalue weighted by Gasteiger charge is 2.20. The van der Waals surface area contributed by atoms with Crippen molar-refractivity contribution in [2.75, 3.05) is 13.1 Å². The molecule has 1 aliphatic rings. The number of hydrogen-bond donors (Lipinski definition) is 2. The summed E-state index contributed by atoms with van der Waals surface area (Å²) in [6.07, 6.45) is 2.47. The number of para-hydroxylation sites is 2. The number of imidazole rings is 1. The van der Waals surface area contributed by atoms with Gasteiger partial charge in [-0.05, 0) is 51.9 Å². The summed E-state index contributed by atoms with van der Waals surface area (Å²) in [5.74, 6) is 1.04. The minimum atomic E-state index is 0.623. The first-order chi connectivity index (χ1) is 9.72. The smallest absolute Gasteiger partial charge is 0.121 e. The molecule has 4 heteroatoms. The van der Waals surface area contributed by atoms with Gasteiger partial charge in [0.05, 0.1) is 17.6 Å². The molecule has 0 amide bonds. The second-order valence-electron chi connectivity index (χ2n) is 5.99. The standard InChI is InChI=1S/C16H24N4/c1-12(2)20-9-7-13(8-10-20)17-11-16-18-14-5-3-4-6-15(14)19-16/h3-6,12-13,17H,7-11H2,1-2H3,(H,18,19). The fraction of sp³-hybridized carbons (Fsp3) is 0.562. The van der Waals surface area contributed by atoms with E-state index in [9.17, 15) is 0 Å². The normalized spacial score (nSPS) is 18.1. The van der Waals surface area contributed by atoms with Crippen molar-refractivity contribution < 1.29 is 0 Å². The molecule has 1 fully saturated rings. The molecule has 3 rings (SSSR count). The van der Waals surface area contributed by atoms with Crippen LogP contribution < -0.4 is 5.32 Å². The largest absolute Gasteiger partial charge is 0.341 e. The summed E-state index contributed by atoms with van der Waals surface area (Å²) < 4.78 is 0. The third-order valence-electron chi connectivity index (χ3n) is 4.26. The number of nitrogens with zero attached hydrogens (tertiary/aromatic N) is 2. The van der Waals surface area contributed by atoms with Crippen molar-refractivity contribution in [1.82, 2.24) is 20.2 Å². The Morgan fingerprint density at radius 3 is 2.75 bits per heavy atom. The van der Waals surface area contributed by atoms with E-state index in [-0.39, 0.29) is 0 Å². The molecule has 0 bridgehead atoms. The highest BCUT2D eigenvalue weighted by atomic mass is 15.2. The highest BCUT2D eigenvalue weighted by Crippen LogP contribution is 2.14. The average Bonchev–Trinajstić information content (AvgIpc) is 2.88. The van der Waals surface area contributed by atoms with Crippen LogP contribution in [-0.4, -0.2) is 40.0 Å². The molecule has 0 atom stereocenters. The minimum Gasteiger partial charge on any atom is -0.341 e. The summed E-state index contributed by atoms with van der Waals surface area (Å²) >= 11 is 0. The van der Waals surface area contributed by atoms with E-state index in [2.05, 4.69) is 46.2 Å². The number of aromatic amines is 1. The van der Waals surface area contributed by atoms with E-state index in [1.807, 2.05) is 12.1 Å². The van der Waals surface area contributed by atoms with Crippen molar-refractivity contribution in [3.05, 3.63) is 30.1 Å². The van der Waals surface area contributed by atoms with Crippen LogP contribution in [0.5, 0.6) is 0 Å². The molecule has 0 unspecified atom stereocenters. The molecule has 2 heterocycles. The van der Waals surface area contributed by atoms with Gasteiger partial charge < -0.3 is 15.2 Å². The van der Waals surface area contributed by atoms with Crippen molar-refractivity contribution in [2.24, 2.45) is 0 Å². The number of rotatable bonds is 4. The molecular weight excluding hydrogens is 248 g/mol. The van der Waals surface area contributed by atoms with Crippen LogP contribution in [0, 0.1) is 0 Å². The Morgan fingerprint density at radius 2 is 2.05 bits per heavy atom. The predicted octanol–water partition coefficient (Wildman–Crippen LogP) is 2.53. The van der Waals surface area contributed by atoms with Crippen LogP contribution in [0.1, 0.15) is 32.5 Å². The number of hydrogen-bond acceptors (Lipinski definition) is 3. The Labute approximate surface area is 120 Å². The third kappa shape index (κ3) is 3.02. The Hall–Kier alpha value is -1.39. The molecule has 108 valence electrons. The van der Waals surface area contributed by atoms with Crippen LogP contribution in [0.25, 0.3) is 11.0 Å². The fourth-order valence-corrected chi connectivity index (χ4v) is 2.95. The number of aromatic nitrogens is 2. The summed E-state index contributed by atoms with van der Waals surface area (Å²) in [7, 11) is 0. The van der Waals surface area contributed by atoms with Crippen LogP contribution in [0.3, 0.4) is 0 Å². The summed E-state index contributed by atoms with van der Waals surface area (Å²) in [6, 6.07) is 9.50. The van der Waals surface area contributed by atoms with E-state index in [1.165, 1.54) is 25.9 Å². The third-order valence-corrected chi connectivity index (χ3v) is 4.26. The summed E-state index contributed by atoms with van der Waals surface area (Å²) in [5, 5.41) is 3.64. The predicted molar refractivity (Wildman–Crippen MR) is 82.7 cm³/mol. The van der Waals surface area contributed by atoms with E-state index in [0.29, 0.717) is 12.1 Å². The number of likely N-dealkylation sites (tertiary alicyclic amines) is 1. The first-order valence-corrected chi connectivity index (χ1v) is 7.63. The van der Waals surface area contributed by atoms with Crippen LogP contribution in [0.15, 0.2) is 24.3 Å². The Morgan fingerprint density at radius 1 is 1.30 bits per heavy atom. The molecule has 0 saturated carbocycles. The monoisotopic (exact) mass is 272 g/mol. The maximum Gasteiger partial charge on any atom is 0.121 e. The van der Waals surface area contributed by atoms with E-state index in [4.69, 9.17) is 0 Å². The van der Waals surface area contributed by atoms with E-state index in [0.717, 1.165) is 23.4 Å². The topological polar surface area (TPSA) is 44.0 Å². The molecular formula is C16H24N4. The molecule has 0 aliphatic carbocycles. The van der Waals surface area contributed by atoms with Crippen molar-refractivity contribution in [1.29, 1.82) is 0 Å². The zero-order valence-corrected chi connectivity index (χ0v) is 12.4. The number of nitrogens with one attached hydrogen (secondary N) is 2. The quantitative estimate of drug-likeness (QED) is 0.899. The minimum absolute atomic E-state index is 0.623. The van der Waals surface area contributed by atoms with Gasteiger partial charge in [-0.3, -0.25) is 0 Å². The van der Waals surface area contributed by atoms with Gasteiger partial charge in [0.1, 0.15) is 5.82 Å². The summed E-state index contributed by atoms with van der Waals surface area (Å²) in [6.45, 7) is 7.80. The lowest BCUT2D eigenvalue weighted by molar-refractivity contribution is 0.160. The molecule has 2 N–H and O–H groups in total. The van der Waals surface area contributed by atoms with Gasteiger partial charge in [0, 0.05) is 12.1 Å². The van der Waals surface area contributed by atoms with Crippen LogP contribution in [0.2, 0.25) is 0 Å². The fourth-order valence-electron chi connectivity index (χ4n) is 2.95. The number of piperidine rings is 1. The molecule has 0 radical (unpaired) electrons. The molecule has 1 aromatic heterocycles. The van der Waals surface area contributed by atoms with Crippen molar-refractivity contribution >= 4 is 11.0 Å². The zero-order valence-electron chi connectivity index (χ0n) is 12.4. The van der Waals surface area contributed by atoms with Crippen molar-refractivity contribution in [2.45, 2.75) is 45.3 Å². The Bertz CT molecular complexity index is 519. The molecule has 2 aromatic rings. The van der Waals surface area contributed by atoms with Gasteiger partial charge in [-0.1, -0.05) is 12.1 Å². The lowest BCUT2D eigenvalue weighted by Gasteiger charge is -2.34.